The van der Waals surface area contributed by atoms with Gasteiger partial charge in [-0.3, -0.25) is 9.36 Å². The number of rotatable bonds is 7. The molecule has 0 radical (unpaired) electrons. The van der Waals surface area contributed by atoms with Gasteiger partial charge in [0.25, 0.3) is 5.56 Å². The molecule has 0 N–H and O–H groups in total. The summed E-state index contributed by atoms with van der Waals surface area (Å²) in [7, 11) is 1.63. The Morgan fingerprint density at radius 1 is 1.13 bits per heavy atom. The Kier molecular flexibility index (Phi) is 8.39. The number of carbonyl (C=O) groups is 1. The van der Waals surface area contributed by atoms with Gasteiger partial charge in [0, 0.05) is 10.5 Å². The Labute approximate surface area is 247 Å². The van der Waals surface area contributed by atoms with Crippen LogP contribution in [0.15, 0.2) is 93.1 Å². The third kappa shape index (κ3) is 5.48. The van der Waals surface area contributed by atoms with Crippen molar-refractivity contribution in [1.82, 2.24) is 4.57 Å². The zero-order valence-electron chi connectivity index (χ0n) is 21.5. The molecule has 2 heterocycles. The molecule has 0 bridgehead atoms. The number of ether oxygens (including phenoxy) is 2. The van der Waals surface area contributed by atoms with Crippen molar-refractivity contribution in [2.75, 3.05) is 20.0 Å². The highest BCUT2D eigenvalue weighted by molar-refractivity contribution is 14.1. The first kappa shape index (κ1) is 27.4. The molecule has 4 aromatic rings. The molecule has 1 aromatic heterocycles. The molecule has 1 aliphatic rings. The Morgan fingerprint density at radius 3 is 2.51 bits per heavy atom. The average molecular weight is 669 g/mol. The zero-order valence-corrected chi connectivity index (χ0v) is 25.3. The molecular formula is C30H25IN2O4S2. The van der Waals surface area contributed by atoms with Gasteiger partial charge in [0.2, 0.25) is 0 Å². The quantitative estimate of drug-likeness (QED) is 0.153. The van der Waals surface area contributed by atoms with Crippen molar-refractivity contribution in [3.8, 4) is 5.75 Å². The van der Waals surface area contributed by atoms with E-state index >= 15 is 0 Å². The van der Waals surface area contributed by atoms with E-state index in [4.69, 9.17) is 14.5 Å². The number of methoxy groups -OCH3 is 1. The molecule has 0 fully saturated rings. The fraction of sp³-hybridized carbons (Fsp3) is 0.167. The molecule has 0 saturated heterocycles. The molecule has 1 atom stereocenters. The lowest BCUT2D eigenvalue weighted by atomic mass is 9.93. The van der Waals surface area contributed by atoms with Crippen LogP contribution in [0.4, 0.5) is 0 Å². The SMILES string of the molecule is CCOC(=O)C1=C(c2ccccc2)N=c2s/c(=C\c3ccc(OC)c(I)c3)c(=O)n2C1c1ccc(SC)cc1. The molecular weight excluding hydrogens is 643 g/mol. The van der Waals surface area contributed by atoms with Crippen LogP contribution in [0.1, 0.15) is 29.7 Å². The molecule has 0 amide bonds. The van der Waals surface area contributed by atoms with E-state index < -0.39 is 12.0 Å². The number of nitrogens with zero attached hydrogens (tertiary/aromatic N) is 2. The van der Waals surface area contributed by atoms with Gasteiger partial charge >= 0.3 is 5.97 Å². The van der Waals surface area contributed by atoms with Crippen LogP contribution in [0.2, 0.25) is 0 Å². The van der Waals surface area contributed by atoms with E-state index in [0.717, 1.165) is 30.9 Å². The minimum atomic E-state index is -0.690. The number of hydrogen-bond acceptors (Lipinski definition) is 7. The van der Waals surface area contributed by atoms with Crippen LogP contribution in [-0.2, 0) is 9.53 Å². The van der Waals surface area contributed by atoms with Crippen molar-refractivity contribution < 1.29 is 14.3 Å². The summed E-state index contributed by atoms with van der Waals surface area (Å²) >= 11 is 5.15. The Balaban J connectivity index is 1.79. The molecule has 1 aliphatic heterocycles. The van der Waals surface area contributed by atoms with Gasteiger partial charge in [-0.25, -0.2) is 9.79 Å². The topological polar surface area (TPSA) is 69.9 Å². The van der Waals surface area contributed by atoms with Crippen LogP contribution < -0.4 is 19.6 Å². The van der Waals surface area contributed by atoms with Crippen LogP contribution in [0.5, 0.6) is 5.75 Å². The summed E-state index contributed by atoms with van der Waals surface area (Å²) < 4.78 is 14.0. The highest BCUT2D eigenvalue weighted by Gasteiger charge is 2.35. The van der Waals surface area contributed by atoms with Crippen LogP contribution in [0.25, 0.3) is 11.8 Å². The van der Waals surface area contributed by atoms with Gasteiger partial charge in [0.15, 0.2) is 4.80 Å². The van der Waals surface area contributed by atoms with Gasteiger partial charge in [-0.1, -0.05) is 59.9 Å². The van der Waals surface area contributed by atoms with Gasteiger partial charge in [-0.2, -0.15) is 0 Å². The van der Waals surface area contributed by atoms with E-state index in [9.17, 15) is 9.59 Å². The third-order valence-electron chi connectivity index (χ3n) is 6.28. The molecule has 5 rings (SSSR count). The predicted octanol–water partition coefficient (Wildman–Crippen LogP) is 5.27. The van der Waals surface area contributed by atoms with Gasteiger partial charge in [0.05, 0.1) is 39.1 Å². The standard InChI is InChI=1S/C30H25IN2O4S2/c1-4-37-29(35)25-26(19-8-6-5-7-9-19)32-30-33(27(25)20-11-13-21(38-3)14-12-20)28(34)24(39-30)17-18-10-15-23(36-2)22(31)16-18/h5-17,27H,4H2,1-3H3/b24-17-. The molecule has 1 unspecified atom stereocenters. The second kappa shape index (κ2) is 11.9. The van der Waals surface area contributed by atoms with Crippen molar-refractivity contribution in [3.05, 3.63) is 118 Å². The van der Waals surface area contributed by atoms with E-state index in [1.165, 1.54) is 11.3 Å². The van der Waals surface area contributed by atoms with Crippen LogP contribution >= 0.6 is 45.7 Å². The first-order chi connectivity index (χ1) is 18.9. The lowest BCUT2D eigenvalue weighted by molar-refractivity contribution is -0.138. The molecule has 198 valence electrons. The van der Waals surface area contributed by atoms with E-state index in [1.54, 1.807) is 30.4 Å². The molecule has 0 aliphatic carbocycles. The first-order valence-electron chi connectivity index (χ1n) is 12.2. The highest BCUT2D eigenvalue weighted by Crippen LogP contribution is 2.35. The van der Waals surface area contributed by atoms with Crippen LogP contribution in [-0.4, -0.2) is 30.5 Å². The van der Waals surface area contributed by atoms with Crippen molar-refractivity contribution >= 4 is 63.4 Å². The Hall–Kier alpha value is -3.15. The lowest BCUT2D eigenvalue weighted by Gasteiger charge is -2.26. The van der Waals surface area contributed by atoms with Gasteiger partial charge < -0.3 is 9.47 Å². The number of benzene rings is 3. The molecule has 9 heteroatoms. The fourth-order valence-corrected chi connectivity index (χ4v) is 6.63. The number of carbonyl (C=O) groups excluding carboxylic acids is 1. The second-order valence-corrected chi connectivity index (χ2v) is 11.6. The van der Waals surface area contributed by atoms with E-state index in [0.29, 0.717) is 20.6 Å². The predicted molar refractivity (Wildman–Crippen MR) is 165 cm³/mol. The summed E-state index contributed by atoms with van der Waals surface area (Å²) in [5.41, 5.74) is 3.12. The summed E-state index contributed by atoms with van der Waals surface area (Å²) in [5, 5.41) is 0. The summed E-state index contributed by atoms with van der Waals surface area (Å²) in [6, 6.07) is 22.6. The van der Waals surface area contributed by atoms with Crippen molar-refractivity contribution in [1.29, 1.82) is 0 Å². The minimum Gasteiger partial charge on any atom is -0.496 e. The minimum absolute atomic E-state index is 0.211. The van der Waals surface area contributed by atoms with E-state index in [-0.39, 0.29) is 12.2 Å². The molecule has 39 heavy (non-hydrogen) atoms. The Bertz CT molecular complexity index is 1740. The summed E-state index contributed by atoms with van der Waals surface area (Å²) in [6.45, 7) is 1.98. The number of thiazole rings is 1. The second-order valence-electron chi connectivity index (χ2n) is 8.60. The average Bonchev–Trinajstić information content (AvgIpc) is 3.27. The first-order valence-corrected chi connectivity index (χ1v) is 15.3. The largest absolute Gasteiger partial charge is 0.496 e. The molecule has 6 nitrogen and oxygen atoms in total. The summed E-state index contributed by atoms with van der Waals surface area (Å²) in [6.07, 6.45) is 3.87. The van der Waals surface area contributed by atoms with E-state index in [1.807, 2.05) is 85.1 Å². The van der Waals surface area contributed by atoms with Crippen LogP contribution in [0.3, 0.4) is 0 Å². The van der Waals surface area contributed by atoms with Crippen molar-refractivity contribution in [3.63, 3.8) is 0 Å². The highest BCUT2D eigenvalue weighted by atomic mass is 127. The van der Waals surface area contributed by atoms with E-state index in [2.05, 4.69) is 22.6 Å². The number of aromatic nitrogens is 1. The molecule has 0 saturated carbocycles. The number of fused-ring (bicyclic) bond motifs is 1. The smallest absolute Gasteiger partial charge is 0.338 e. The summed E-state index contributed by atoms with van der Waals surface area (Å²) in [4.78, 5) is 34.0. The van der Waals surface area contributed by atoms with Gasteiger partial charge in [-0.05, 0) is 77.2 Å². The third-order valence-corrected chi connectivity index (χ3v) is 8.85. The Morgan fingerprint density at radius 2 is 1.87 bits per heavy atom. The zero-order chi connectivity index (χ0) is 27.5. The number of hydrogen-bond donors (Lipinski definition) is 0. The number of esters is 1. The fourth-order valence-electron chi connectivity index (χ4n) is 4.47. The molecule has 0 spiro atoms. The van der Waals surface area contributed by atoms with Crippen molar-refractivity contribution in [2.45, 2.75) is 17.9 Å². The number of halogens is 1. The lowest BCUT2D eigenvalue weighted by Crippen LogP contribution is -2.40. The maximum absolute atomic E-state index is 14.0. The number of thioether (sulfide) groups is 1. The van der Waals surface area contributed by atoms with Crippen molar-refractivity contribution in [2.24, 2.45) is 4.99 Å². The van der Waals surface area contributed by atoms with Gasteiger partial charge in [-0.15, -0.1) is 11.8 Å². The summed E-state index contributed by atoms with van der Waals surface area (Å²) in [5.74, 6) is 0.285. The monoisotopic (exact) mass is 668 g/mol. The maximum atomic E-state index is 14.0. The normalized spacial score (nSPS) is 15.1. The van der Waals surface area contributed by atoms with Crippen LogP contribution in [0, 0.1) is 3.57 Å². The van der Waals surface area contributed by atoms with Gasteiger partial charge in [0.1, 0.15) is 5.75 Å². The maximum Gasteiger partial charge on any atom is 0.338 e. The molecule has 3 aromatic carbocycles.